The highest BCUT2D eigenvalue weighted by molar-refractivity contribution is 5.93. The summed E-state index contributed by atoms with van der Waals surface area (Å²) < 4.78 is 14.7. The summed E-state index contributed by atoms with van der Waals surface area (Å²) in [5.41, 5.74) is 1.16. The lowest BCUT2D eigenvalue weighted by Gasteiger charge is -2.04. The van der Waals surface area contributed by atoms with E-state index in [1.165, 1.54) is 31.4 Å². The molecule has 6 nitrogen and oxygen atoms in total. The Balaban J connectivity index is 2.15. The summed E-state index contributed by atoms with van der Waals surface area (Å²) in [5.74, 6) is -0.276. The molecular weight excluding hydrogens is 262 g/mol. The molecule has 0 fully saturated rings. The van der Waals surface area contributed by atoms with Gasteiger partial charge >= 0.3 is 11.9 Å². The van der Waals surface area contributed by atoms with Crippen molar-refractivity contribution in [3.63, 3.8) is 0 Å². The lowest BCUT2D eigenvalue weighted by Crippen LogP contribution is -2.10. The van der Waals surface area contributed by atoms with Crippen LogP contribution in [0.4, 0.5) is 0 Å². The maximum atomic E-state index is 12.0. The quantitative estimate of drug-likeness (QED) is 0.631. The third kappa shape index (κ3) is 2.69. The van der Waals surface area contributed by atoms with Gasteiger partial charge in [-0.2, -0.15) is 0 Å². The van der Waals surface area contributed by atoms with Gasteiger partial charge in [-0.1, -0.05) is 5.16 Å². The summed E-state index contributed by atoms with van der Waals surface area (Å²) in [7, 11) is 1.30. The second kappa shape index (κ2) is 5.56. The van der Waals surface area contributed by atoms with E-state index in [1.54, 1.807) is 13.8 Å². The van der Waals surface area contributed by atoms with E-state index >= 15 is 0 Å². The van der Waals surface area contributed by atoms with Gasteiger partial charge in [-0.3, -0.25) is 0 Å². The Kier molecular flexibility index (Phi) is 3.84. The number of benzene rings is 1. The summed E-state index contributed by atoms with van der Waals surface area (Å²) in [5, 5.41) is 3.69. The molecule has 0 radical (unpaired) electrons. The first-order valence-corrected chi connectivity index (χ1v) is 5.86. The van der Waals surface area contributed by atoms with Gasteiger partial charge in [0, 0.05) is 0 Å². The number of carbonyl (C=O) groups excluding carboxylic acids is 2. The summed E-state index contributed by atoms with van der Waals surface area (Å²) in [6.07, 6.45) is 0. The van der Waals surface area contributed by atoms with Gasteiger partial charge in [0.25, 0.3) is 0 Å². The van der Waals surface area contributed by atoms with E-state index in [9.17, 15) is 9.59 Å². The summed E-state index contributed by atoms with van der Waals surface area (Å²) >= 11 is 0. The van der Waals surface area contributed by atoms with Gasteiger partial charge in [0.15, 0.2) is 0 Å². The highest BCUT2D eigenvalue weighted by Crippen LogP contribution is 2.18. The van der Waals surface area contributed by atoms with Gasteiger partial charge in [0.1, 0.15) is 17.1 Å². The number of nitrogens with zero attached hydrogens (tertiary/aromatic N) is 1. The van der Waals surface area contributed by atoms with Crippen LogP contribution in [0.1, 0.15) is 32.2 Å². The average Bonchev–Trinajstić information content (AvgIpc) is 2.78. The third-order valence-electron chi connectivity index (χ3n) is 2.72. The van der Waals surface area contributed by atoms with Crippen LogP contribution in [0.25, 0.3) is 0 Å². The third-order valence-corrected chi connectivity index (χ3v) is 2.72. The first-order chi connectivity index (χ1) is 9.52. The molecule has 0 atom stereocenters. The highest BCUT2D eigenvalue weighted by Gasteiger charge is 2.19. The molecule has 0 aliphatic carbocycles. The molecule has 1 aromatic carbocycles. The Morgan fingerprint density at radius 1 is 1.10 bits per heavy atom. The first kappa shape index (κ1) is 13.8. The molecule has 0 amide bonds. The molecule has 104 valence electrons. The minimum atomic E-state index is -0.549. The number of hydrogen-bond donors (Lipinski definition) is 0. The topological polar surface area (TPSA) is 78.6 Å². The molecule has 6 heteroatoms. The van der Waals surface area contributed by atoms with Gasteiger partial charge < -0.3 is 14.0 Å². The molecular formula is C14H13NO5. The van der Waals surface area contributed by atoms with E-state index in [0.29, 0.717) is 28.3 Å². The van der Waals surface area contributed by atoms with Crippen LogP contribution in [-0.2, 0) is 4.74 Å². The molecule has 0 unspecified atom stereocenters. The molecule has 0 aliphatic heterocycles. The maximum absolute atomic E-state index is 12.0. The fourth-order valence-electron chi connectivity index (χ4n) is 1.71. The van der Waals surface area contributed by atoms with Crippen molar-refractivity contribution < 1.29 is 23.6 Å². The zero-order chi connectivity index (χ0) is 14.7. The standard InChI is InChI=1S/C14H13NO5/c1-8-12(9(2)20-15-8)14(17)19-11-6-4-10(5-7-11)13(16)18-3/h4-7H,1-3H3. The van der Waals surface area contributed by atoms with Crippen LogP contribution in [0.15, 0.2) is 28.8 Å². The van der Waals surface area contributed by atoms with Gasteiger partial charge in [-0.15, -0.1) is 0 Å². The zero-order valence-electron chi connectivity index (χ0n) is 11.3. The smallest absolute Gasteiger partial charge is 0.349 e. The van der Waals surface area contributed by atoms with E-state index in [1.807, 2.05) is 0 Å². The summed E-state index contributed by atoms with van der Waals surface area (Å²) in [6, 6.07) is 6.06. The predicted octanol–water partition coefficient (Wildman–Crippen LogP) is 2.30. The Hall–Kier alpha value is -2.63. The van der Waals surface area contributed by atoms with Crippen molar-refractivity contribution >= 4 is 11.9 Å². The maximum Gasteiger partial charge on any atom is 0.349 e. The number of ether oxygens (including phenoxy) is 2. The Labute approximate surface area is 115 Å². The van der Waals surface area contributed by atoms with E-state index in [0.717, 1.165) is 0 Å². The van der Waals surface area contributed by atoms with E-state index in [4.69, 9.17) is 9.26 Å². The Morgan fingerprint density at radius 2 is 1.75 bits per heavy atom. The minimum Gasteiger partial charge on any atom is -0.465 e. The number of carbonyl (C=O) groups is 2. The minimum absolute atomic E-state index is 0.307. The molecule has 1 heterocycles. The highest BCUT2D eigenvalue weighted by atomic mass is 16.5. The van der Waals surface area contributed by atoms with Crippen LogP contribution in [0.3, 0.4) is 0 Å². The van der Waals surface area contributed by atoms with Crippen molar-refractivity contribution in [3.05, 3.63) is 46.8 Å². The van der Waals surface area contributed by atoms with Gasteiger partial charge in [0.2, 0.25) is 0 Å². The largest absolute Gasteiger partial charge is 0.465 e. The van der Waals surface area contributed by atoms with E-state index in [2.05, 4.69) is 9.89 Å². The fraction of sp³-hybridized carbons (Fsp3) is 0.214. The van der Waals surface area contributed by atoms with Crippen LogP contribution in [0, 0.1) is 13.8 Å². The lowest BCUT2D eigenvalue weighted by atomic mass is 10.2. The van der Waals surface area contributed by atoms with Gasteiger partial charge in [-0.25, -0.2) is 9.59 Å². The van der Waals surface area contributed by atoms with E-state index < -0.39 is 11.9 Å². The summed E-state index contributed by atoms with van der Waals surface area (Å²) in [6.45, 7) is 3.30. The van der Waals surface area contributed by atoms with Crippen LogP contribution >= 0.6 is 0 Å². The van der Waals surface area contributed by atoms with Crippen molar-refractivity contribution in [2.45, 2.75) is 13.8 Å². The molecule has 1 aromatic heterocycles. The average molecular weight is 275 g/mol. The summed E-state index contributed by atoms with van der Waals surface area (Å²) in [4.78, 5) is 23.3. The molecule has 0 N–H and O–H groups in total. The van der Waals surface area contributed by atoms with Crippen LogP contribution in [0.2, 0.25) is 0 Å². The molecule has 0 saturated heterocycles. The molecule has 0 spiro atoms. The fourth-order valence-corrected chi connectivity index (χ4v) is 1.71. The monoisotopic (exact) mass is 275 g/mol. The Bertz CT molecular complexity index is 623. The zero-order valence-corrected chi connectivity index (χ0v) is 11.3. The van der Waals surface area contributed by atoms with Crippen molar-refractivity contribution in [3.8, 4) is 5.75 Å². The molecule has 0 bridgehead atoms. The van der Waals surface area contributed by atoms with Gasteiger partial charge in [-0.05, 0) is 38.1 Å². The van der Waals surface area contributed by atoms with Crippen LogP contribution < -0.4 is 4.74 Å². The second-order valence-corrected chi connectivity index (χ2v) is 4.10. The molecule has 2 rings (SSSR count). The number of esters is 2. The van der Waals surface area contributed by atoms with Crippen molar-refractivity contribution in [1.29, 1.82) is 0 Å². The van der Waals surface area contributed by atoms with Crippen molar-refractivity contribution in [2.75, 3.05) is 7.11 Å². The number of methoxy groups -OCH3 is 1. The predicted molar refractivity (Wildman–Crippen MR) is 68.7 cm³/mol. The SMILES string of the molecule is COC(=O)c1ccc(OC(=O)c2c(C)noc2C)cc1. The molecule has 20 heavy (non-hydrogen) atoms. The number of aryl methyl sites for hydroxylation is 2. The molecule has 2 aromatic rings. The second-order valence-electron chi connectivity index (χ2n) is 4.10. The number of rotatable bonds is 3. The van der Waals surface area contributed by atoms with Crippen LogP contribution in [-0.4, -0.2) is 24.2 Å². The van der Waals surface area contributed by atoms with Crippen LogP contribution in [0.5, 0.6) is 5.75 Å². The first-order valence-electron chi connectivity index (χ1n) is 5.86. The van der Waals surface area contributed by atoms with Gasteiger partial charge in [0.05, 0.1) is 18.4 Å². The lowest BCUT2D eigenvalue weighted by molar-refractivity contribution is 0.0600. The Morgan fingerprint density at radius 3 is 2.25 bits per heavy atom. The normalized spacial score (nSPS) is 10.2. The molecule has 0 saturated carbocycles. The van der Waals surface area contributed by atoms with E-state index in [-0.39, 0.29) is 0 Å². The number of hydrogen-bond acceptors (Lipinski definition) is 6. The van der Waals surface area contributed by atoms with Crippen molar-refractivity contribution in [1.82, 2.24) is 5.16 Å². The molecule has 0 aliphatic rings. The van der Waals surface area contributed by atoms with Crippen molar-refractivity contribution in [2.24, 2.45) is 0 Å². The number of aromatic nitrogens is 1.